The maximum atomic E-state index is 15.7. The molecule has 3 aliphatic heterocycles. The van der Waals surface area contributed by atoms with Gasteiger partial charge in [-0.15, -0.1) is 0 Å². The van der Waals surface area contributed by atoms with Gasteiger partial charge in [0.25, 0.3) is 5.92 Å². The van der Waals surface area contributed by atoms with Crippen LogP contribution in [-0.2, 0) is 25.2 Å². The smallest absolute Gasteiger partial charge is 0.407 e. The van der Waals surface area contributed by atoms with Crippen molar-refractivity contribution in [3.63, 3.8) is 0 Å². The highest BCUT2D eigenvalue weighted by molar-refractivity contribution is 7.91. The molecule has 272 valence electrons. The summed E-state index contributed by atoms with van der Waals surface area (Å²) in [5.74, 6) is -2.91. The standard InChI is InChI=1S/C35H45F2N5O7S/c1-24(25-6-5-7-27(20-25)35(36,37)26-9-11-42(12-10-26)34(43)44)40-33-29-21-28(41-13-18-50(45,46)19-14-41)22-30(32(29)38-23-39-33)47-15-4-2-3-8-31-48-16-17-49-31/h5-7,20-24,26,31H,2-4,8-19H2,1H3,(H,43,44)(H,38,39,40)/t24-/m1/s1. The van der Waals surface area contributed by atoms with Crippen molar-refractivity contribution >= 4 is 38.3 Å². The molecular weight excluding hydrogens is 672 g/mol. The topological polar surface area (TPSA) is 143 Å². The van der Waals surface area contributed by atoms with Gasteiger partial charge in [0.1, 0.15) is 23.4 Å². The van der Waals surface area contributed by atoms with Crippen molar-refractivity contribution in [2.24, 2.45) is 5.92 Å². The predicted octanol–water partition coefficient (Wildman–Crippen LogP) is 5.83. The van der Waals surface area contributed by atoms with Crippen LogP contribution >= 0.6 is 0 Å². The zero-order chi connectivity index (χ0) is 35.3. The molecule has 3 saturated heterocycles. The van der Waals surface area contributed by atoms with Crippen LogP contribution in [0.25, 0.3) is 10.9 Å². The zero-order valence-electron chi connectivity index (χ0n) is 28.2. The molecule has 12 nitrogen and oxygen atoms in total. The van der Waals surface area contributed by atoms with Crippen molar-refractivity contribution in [1.29, 1.82) is 0 Å². The Morgan fingerprint density at radius 3 is 2.52 bits per heavy atom. The Kier molecular flexibility index (Phi) is 11.2. The summed E-state index contributed by atoms with van der Waals surface area (Å²) in [6, 6.07) is 9.72. The lowest BCUT2D eigenvalue weighted by Gasteiger charge is -2.35. The Hall–Kier alpha value is -3.82. The van der Waals surface area contributed by atoms with Gasteiger partial charge in [0.05, 0.1) is 31.3 Å². The molecular formula is C35H45F2N5O7S. The number of anilines is 2. The third kappa shape index (κ3) is 8.55. The van der Waals surface area contributed by atoms with Crippen LogP contribution in [0.3, 0.4) is 0 Å². The third-order valence-corrected chi connectivity index (χ3v) is 11.4. The summed E-state index contributed by atoms with van der Waals surface area (Å²) in [7, 11) is -3.09. The summed E-state index contributed by atoms with van der Waals surface area (Å²) in [6.07, 6.45) is 3.93. The SMILES string of the molecule is C[C@@H](Nc1ncnc2c(OCCCCCC3OCCO3)cc(N3CCS(=O)(=O)CC3)cc12)c1cccc(C(F)(F)C2CCN(C(=O)O)CC2)c1. The second-order valence-electron chi connectivity index (χ2n) is 13.2. The number of carboxylic acid groups (broad SMARTS) is 1. The number of rotatable bonds is 13. The van der Waals surface area contributed by atoms with Crippen LogP contribution in [0, 0.1) is 5.92 Å². The van der Waals surface area contributed by atoms with Crippen molar-refractivity contribution in [2.75, 3.05) is 67.7 Å². The first-order chi connectivity index (χ1) is 24.0. The fourth-order valence-electron chi connectivity index (χ4n) is 6.82. The van der Waals surface area contributed by atoms with Crippen LogP contribution in [0.5, 0.6) is 5.75 Å². The fraction of sp³-hybridized carbons (Fsp3) is 0.571. The number of amides is 1. The Morgan fingerprint density at radius 2 is 1.80 bits per heavy atom. The molecule has 0 radical (unpaired) electrons. The molecule has 3 aromatic rings. The number of nitrogens with one attached hydrogen (secondary N) is 1. The van der Waals surface area contributed by atoms with Gasteiger partial charge in [-0.25, -0.2) is 32.0 Å². The van der Waals surface area contributed by atoms with E-state index in [-0.39, 0.29) is 49.3 Å². The van der Waals surface area contributed by atoms with E-state index in [2.05, 4.69) is 15.3 Å². The summed E-state index contributed by atoms with van der Waals surface area (Å²) < 4.78 is 73.1. The van der Waals surface area contributed by atoms with Crippen LogP contribution < -0.4 is 15.0 Å². The van der Waals surface area contributed by atoms with Crippen molar-refractivity contribution in [3.05, 3.63) is 53.9 Å². The minimum atomic E-state index is -3.12. The lowest BCUT2D eigenvalue weighted by Crippen LogP contribution is -2.41. The average Bonchev–Trinajstić information content (AvgIpc) is 3.63. The largest absolute Gasteiger partial charge is 0.491 e. The van der Waals surface area contributed by atoms with Gasteiger partial charge in [-0.05, 0) is 63.1 Å². The monoisotopic (exact) mass is 717 g/mol. The number of aromatic nitrogens is 2. The number of nitrogens with zero attached hydrogens (tertiary/aromatic N) is 4. The van der Waals surface area contributed by atoms with Gasteiger partial charge in [-0.1, -0.05) is 18.2 Å². The van der Waals surface area contributed by atoms with Crippen LogP contribution in [0.2, 0.25) is 0 Å². The van der Waals surface area contributed by atoms with Crippen molar-refractivity contribution in [1.82, 2.24) is 14.9 Å². The van der Waals surface area contributed by atoms with Crippen molar-refractivity contribution in [2.45, 2.75) is 63.7 Å². The summed E-state index contributed by atoms with van der Waals surface area (Å²) in [6.45, 7) is 4.46. The Labute approximate surface area is 291 Å². The van der Waals surface area contributed by atoms with Gasteiger partial charge in [0, 0.05) is 60.8 Å². The molecule has 1 atom stereocenters. The van der Waals surface area contributed by atoms with E-state index in [4.69, 9.17) is 14.2 Å². The molecule has 4 heterocycles. The highest BCUT2D eigenvalue weighted by Gasteiger charge is 2.43. The highest BCUT2D eigenvalue weighted by atomic mass is 32.2. The molecule has 0 spiro atoms. The first kappa shape index (κ1) is 36.0. The van der Waals surface area contributed by atoms with E-state index in [1.54, 1.807) is 12.1 Å². The number of hydrogen-bond acceptors (Lipinski definition) is 10. The summed E-state index contributed by atoms with van der Waals surface area (Å²) in [5, 5.41) is 13.3. The molecule has 6 rings (SSSR count). The Balaban J connectivity index is 1.20. The Bertz CT molecular complexity index is 1740. The van der Waals surface area contributed by atoms with Gasteiger partial charge in [-0.3, -0.25) is 0 Å². The number of carbonyl (C=O) groups is 1. The van der Waals surface area contributed by atoms with Gasteiger partial charge in [0.15, 0.2) is 16.1 Å². The van der Waals surface area contributed by atoms with E-state index < -0.39 is 33.8 Å². The Morgan fingerprint density at radius 1 is 1.06 bits per heavy atom. The van der Waals surface area contributed by atoms with Gasteiger partial charge in [0.2, 0.25) is 0 Å². The number of likely N-dealkylation sites (tertiary alicyclic amines) is 1. The molecule has 0 aliphatic carbocycles. The van der Waals surface area contributed by atoms with E-state index in [1.165, 1.54) is 23.4 Å². The van der Waals surface area contributed by atoms with E-state index in [0.717, 1.165) is 31.4 Å². The number of ether oxygens (including phenoxy) is 3. The maximum Gasteiger partial charge on any atom is 0.407 e. The minimum absolute atomic E-state index is 0.0583. The van der Waals surface area contributed by atoms with Crippen LogP contribution in [0.4, 0.5) is 25.1 Å². The van der Waals surface area contributed by atoms with Crippen LogP contribution in [-0.4, -0.2) is 98.3 Å². The lowest BCUT2D eigenvalue weighted by molar-refractivity contribution is -0.0836. The second kappa shape index (κ2) is 15.6. The van der Waals surface area contributed by atoms with Gasteiger partial charge in [-0.2, -0.15) is 0 Å². The minimum Gasteiger partial charge on any atom is -0.491 e. The normalized spacial score (nSPS) is 19.5. The number of alkyl halides is 2. The van der Waals surface area contributed by atoms with Crippen molar-refractivity contribution in [3.8, 4) is 5.75 Å². The number of piperidine rings is 1. The second-order valence-corrected chi connectivity index (χ2v) is 15.5. The third-order valence-electron chi connectivity index (χ3n) is 9.83. The van der Waals surface area contributed by atoms with E-state index in [9.17, 15) is 18.3 Å². The first-order valence-electron chi connectivity index (χ1n) is 17.3. The molecule has 2 N–H and O–H groups in total. The van der Waals surface area contributed by atoms with Crippen LogP contribution in [0.1, 0.15) is 62.6 Å². The highest BCUT2D eigenvalue weighted by Crippen LogP contribution is 2.42. The number of benzene rings is 2. The number of fused-ring (bicyclic) bond motifs is 1. The van der Waals surface area contributed by atoms with Gasteiger partial charge >= 0.3 is 6.09 Å². The van der Waals surface area contributed by atoms with Crippen molar-refractivity contribution < 1.29 is 41.3 Å². The van der Waals surface area contributed by atoms with Crippen LogP contribution in [0.15, 0.2) is 42.7 Å². The lowest BCUT2D eigenvalue weighted by atomic mass is 9.85. The molecule has 15 heteroatoms. The maximum absolute atomic E-state index is 15.7. The van der Waals surface area contributed by atoms with E-state index >= 15 is 8.78 Å². The number of unbranched alkanes of at least 4 members (excludes halogenated alkanes) is 2. The first-order valence-corrected chi connectivity index (χ1v) is 19.1. The average molecular weight is 718 g/mol. The molecule has 3 aliphatic rings. The van der Waals surface area contributed by atoms with E-state index in [0.29, 0.717) is 60.9 Å². The molecule has 3 fully saturated rings. The molecule has 0 bridgehead atoms. The molecule has 1 amide bonds. The molecule has 2 aromatic carbocycles. The number of hydrogen-bond donors (Lipinski definition) is 2. The number of sulfone groups is 1. The van der Waals surface area contributed by atoms with Gasteiger partial charge < -0.3 is 34.4 Å². The zero-order valence-corrected chi connectivity index (χ0v) is 29.0. The molecule has 1 aromatic heterocycles. The van der Waals surface area contributed by atoms with E-state index in [1.807, 2.05) is 24.0 Å². The molecule has 0 unspecified atom stereocenters. The molecule has 0 saturated carbocycles. The summed E-state index contributed by atoms with van der Waals surface area (Å²) in [4.78, 5) is 23.6. The number of halogens is 2. The fourth-order valence-corrected chi connectivity index (χ4v) is 8.02. The summed E-state index contributed by atoms with van der Waals surface area (Å²) >= 11 is 0. The predicted molar refractivity (Wildman–Crippen MR) is 185 cm³/mol. The molecule has 50 heavy (non-hydrogen) atoms. The quantitative estimate of drug-likeness (QED) is 0.206. The summed E-state index contributed by atoms with van der Waals surface area (Å²) in [5.41, 5.74) is 1.91.